The van der Waals surface area contributed by atoms with Crippen LogP contribution in [0.15, 0.2) is 24.3 Å². The zero-order valence-corrected chi connectivity index (χ0v) is 7.51. The summed E-state index contributed by atoms with van der Waals surface area (Å²) in [4.78, 5) is 7.99. The molecule has 0 aliphatic heterocycles. The number of nitrogens with zero attached hydrogens (tertiary/aromatic N) is 2. The van der Waals surface area contributed by atoms with Crippen LogP contribution in [0, 0.1) is 0 Å². The van der Waals surface area contributed by atoms with Gasteiger partial charge >= 0.3 is 0 Å². The fraction of sp³-hybridized carbons (Fsp3) is 0. The molecule has 1 aliphatic carbocycles. The molecule has 0 bridgehead atoms. The normalized spacial score (nSPS) is 20.3. The highest BCUT2D eigenvalue weighted by Gasteiger charge is 2.06. The van der Waals surface area contributed by atoms with E-state index in [9.17, 15) is 0 Å². The minimum Gasteiger partial charge on any atom is -0.383 e. The van der Waals surface area contributed by atoms with Crippen LogP contribution in [0.1, 0.15) is 11.3 Å². The third kappa shape index (κ3) is 1.50. The predicted octanol–water partition coefficient (Wildman–Crippen LogP) is 1.24. The Kier molecular flexibility index (Phi) is 2.02. The first-order valence-corrected chi connectivity index (χ1v) is 4.22. The second-order valence-electron chi connectivity index (χ2n) is 2.87. The van der Waals surface area contributed by atoms with Gasteiger partial charge in [0.1, 0.15) is 5.82 Å². The van der Waals surface area contributed by atoms with Crippen molar-refractivity contribution >= 4 is 23.9 Å². The Bertz CT molecular complexity index is 444. The lowest BCUT2D eigenvalue weighted by atomic mass is 10.1. The zero-order chi connectivity index (χ0) is 9.97. The number of aromatic nitrogens is 2. The molecule has 0 saturated carbocycles. The standard InChI is InChI=1S/C10H10N4/c11-9-7-5-3-1-2-4-6-8(7)13-10(12)14-9/h1-6H,(H4,11,12,13,14). The molecule has 4 heteroatoms. The number of hydrogen-bond acceptors (Lipinski definition) is 4. The third-order valence-corrected chi connectivity index (χ3v) is 1.87. The Balaban J connectivity index is 2.65. The molecule has 1 aromatic rings. The van der Waals surface area contributed by atoms with Crippen molar-refractivity contribution in [2.45, 2.75) is 0 Å². The molecule has 14 heavy (non-hydrogen) atoms. The molecule has 0 unspecified atom stereocenters. The van der Waals surface area contributed by atoms with Crippen molar-refractivity contribution in [3.8, 4) is 0 Å². The van der Waals surface area contributed by atoms with Crippen LogP contribution in [0.3, 0.4) is 0 Å². The Labute approximate surface area is 81.7 Å². The lowest BCUT2D eigenvalue weighted by molar-refractivity contribution is 1.17. The van der Waals surface area contributed by atoms with Gasteiger partial charge in [-0.05, 0) is 12.2 Å². The molecule has 1 aliphatic rings. The minimum atomic E-state index is 0.198. The van der Waals surface area contributed by atoms with Crippen molar-refractivity contribution in [1.82, 2.24) is 9.97 Å². The van der Waals surface area contributed by atoms with E-state index < -0.39 is 0 Å². The fourth-order valence-electron chi connectivity index (χ4n) is 1.25. The van der Waals surface area contributed by atoms with E-state index in [1.165, 1.54) is 0 Å². The summed E-state index contributed by atoms with van der Waals surface area (Å²) in [6, 6.07) is 0. The lowest BCUT2D eigenvalue weighted by Crippen LogP contribution is -2.04. The number of rotatable bonds is 0. The second-order valence-corrected chi connectivity index (χ2v) is 2.87. The Morgan fingerprint density at radius 1 is 0.857 bits per heavy atom. The van der Waals surface area contributed by atoms with Crippen molar-refractivity contribution in [1.29, 1.82) is 0 Å². The SMILES string of the molecule is Nc1nc(N)c2c(n1)\C=C/C=C\C=C/2. The van der Waals surface area contributed by atoms with E-state index in [1.807, 2.05) is 36.5 Å². The minimum absolute atomic E-state index is 0.198. The first-order valence-electron chi connectivity index (χ1n) is 4.22. The van der Waals surface area contributed by atoms with Gasteiger partial charge < -0.3 is 11.5 Å². The zero-order valence-electron chi connectivity index (χ0n) is 7.51. The van der Waals surface area contributed by atoms with Crippen LogP contribution in [0.2, 0.25) is 0 Å². The molecule has 4 nitrogen and oxygen atoms in total. The maximum atomic E-state index is 5.72. The Morgan fingerprint density at radius 3 is 2.36 bits per heavy atom. The van der Waals surface area contributed by atoms with Crippen LogP contribution in [-0.4, -0.2) is 9.97 Å². The van der Waals surface area contributed by atoms with Crippen molar-refractivity contribution < 1.29 is 0 Å². The van der Waals surface area contributed by atoms with E-state index >= 15 is 0 Å². The van der Waals surface area contributed by atoms with E-state index in [-0.39, 0.29) is 5.95 Å². The number of nitrogen functional groups attached to an aromatic ring is 2. The third-order valence-electron chi connectivity index (χ3n) is 1.87. The van der Waals surface area contributed by atoms with Crippen LogP contribution < -0.4 is 11.5 Å². The van der Waals surface area contributed by atoms with Crippen LogP contribution in [0.5, 0.6) is 0 Å². The van der Waals surface area contributed by atoms with Gasteiger partial charge in [0.2, 0.25) is 5.95 Å². The van der Waals surface area contributed by atoms with Gasteiger partial charge in [0, 0.05) is 5.56 Å². The van der Waals surface area contributed by atoms with E-state index in [2.05, 4.69) is 9.97 Å². The van der Waals surface area contributed by atoms with Crippen LogP contribution in [0.25, 0.3) is 12.2 Å². The van der Waals surface area contributed by atoms with Gasteiger partial charge in [-0.2, -0.15) is 4.98 Å². The quantitative estimate of drug-likeness (QED) is 0.639. The molecule has 0 radical (unpaired) electrons. The van der Waals surface area contributed by atoms with E-state index in [0.717, 1.165) is 11.3 Å². The molecule has 1 heterocycles. The molecule has 2 rings (SSSR count). The second kappa shape index (κ2) is 3.33. The summed E-state index contributed by atoms with van der Waals surface area (Å²) in [5.74, 6) is 0.604. The maximum absolute atomic E-state index is 5.72. The number of fused-ring (bicyclic) bond motifs is 1. The van der Waals surface area contributed by atoms with Gasteiger partial charge in [-0.3, -0.25) is 0 Å². The fourth-order valence-corrected chi connectivity index (χ4v) is 1.25. The molecule has 0 fully saturated rings. The molecule has 0 aromatic carbocycles. The van der Waals surface area contributed by atoms with E-state index in [4.69, 9.17) is 11.5 Å². The topological polar surface area (TPSA) is 77.8 Å². The van der Waals surface area contributed by atoms with Crippen molar-refractivity contribution in [3.05, 3.63) is 35.6 Å². The van der Waals surface area contributed by atoms with Crippen molar-refractivity contribution in [2.75, 3.05) is 11.5 Å². The molecule has 70 valence electrons. The molecule has 1 aromatic heterocycles. The summed E-state index contributed by atoms with van der Waals surface area (Å²) < 4.78 is 0. The number of allylic oxidation sites excluding steroid dienone is 4. The number of hydrogen-bond donors (Lipinski definition) is 2. The molecule has 0 saturated heterocycles. The van der Waals surface area contributed by atoms with Crippen LogP contribution in [0.4, 0.5) is 11.8 Å². The summed E-state index contributed by atoms with van der Waals surface area (Å²) in [6.45, 7) is 0. The molecule has 0 atom stereocenters. The maximum Gasteiger partial charge on any atom is 0.222 e. The average molecular weight is 186 g/mol. The lowest BCUT2D eigenvalue weighted by Gasteiger charge is -2.05. The Morgan fingerprint density at radius 2 is 1.57 bits per heavy atom. The van der Waals surface area contributed by atoms with Crippen molar-refractivity contribution in [2.24, 2.45) is 0 Å². The van der Waals surface area contributed by atoms with Crippen LogP contribution in [-0.2, 0) is 0 Å². The Hall–Kier alpha value is -2.10. The summed E-state index contributed by atoms with van der Waals surface area (Å²) in [5.41, 5.74) is 12.8. The summed E-state index contributed by atoms with van der Waals surface area (Å²) in [5, 5.41) is 0. The molecule has 0 spiro atoms. The number of anilines is 2. The van der Waals surface area contributed by atoms with E-state index in [1.54, 1.807) is 0 Å². The van der Waals surface area contributed by atoms with Gasteiger partial charge in [0.05, 0.1) is 5.69 Å². The molecular weight excluding hydrogens is 176 g/mol. The number of nitrogens with two attached hydrogens (primary N) is 2. The highest BCUT2D eigenvalue weighted by atomic mass is 15.0. The van der Waals surface area contributed by atoms with Gasteiger partial charge in [-0.1, -0.05) is 24.3 Å². The van der Waals surface area contributed by atoms with Crippen molar-refractivity contribution in [3.63, 3.8) is 0 Å². The van der Waals surface area contributed by atoms with Gasteiger partial charge in [0.15, 0.2) is 0 Å². The molecular formula is C10H10N4. The molecule has 4 N–H and O–H groups in total. The van der Waals surface area contributed by atoms with E-state index in [0.29, 0.717) is 5.82 Å². The monoisotopic (exact) mass is 186 g/mol. The van der Waals surface area contributed by atoms with Gasteiger partial charge in [-0.15, -0.1) is 0 Å². The van der Waals surface area contributed by atoms with Crippen LogP contribution >= 0.6 is 0 Å². The summed E-state index contributed by atoms with van der Waals surface area (Å²) >= 11 is 0. The van der Waals surface area contributed by atoms with Gasteiger partial charge in [0.25, 0.3) is 0 Å². The molecule has 0 amide bonds. The highest BCUT2D eigenvalue weighted by Crippen LogP contribution is 2.19. The largest absolute Gasteiger partial charge is 0.383 e. The predicted molar refractivity (Wildman–Crippen MR) is 58.1 cm³/mol. The average Bonchev–Trinajstić information content (AvgIpc) is 2.07. The smallest absolute Gasteiger partial charge is 0.222 e. The summed E-state index contributed by atoms with van der Waals surface area (Å²) in [7, 11) is 0. The first kappa shape index (κ1) is 8.50. The van der Waals surface area contributed by atoms with Gasteiger partial charge in [-0.25, -0.2) is 4.98 Å². The summed E-state index contributed by atoms with van der Waals surface area (Å²) in [6.07, 6.45) is 11.3. The highest BCUT2D eigenvalue weighted by molar-refractivity contribution is 5.73. The first-order chi connectivity index (χ1) is 6.77.